The van der Waals surface area contributed by atoms with Crippen LogP contribution in [0.25, 0.3) is 0 Å². The maximum Gasteiger partial charge on any atom is 0.431 e. The lowest BCUT2D eigenvalue weighted by Gasteiger charge is -2.31. The van der Waals surface area contributed by atoms with Gasteiger partial charge in [0.25, 0.3) is 0 Å². The van der Waals surface area contributed by atoms with E-state index in [0.717, 1.165) is 12.1 Å². The summed E-state index contributed by atoms with van der Waals surface area (Å²) < 4.78 is 82.6. The van der Waals surface area contributed by atoms with Crippen molar-refractivity contribution >= 4 is 23.3 Å². The first-order valence-corrected chi connectivity index (χ1v) is 7.59. The molecule has 0 aliphatic carbocycles. The van der Waals surface area contributed by atoms with Crippen molar-refractivity contribution in [3.8, 4) is 0 Å². The van der Waals surface area contributed by atoms with Crippen molar-refractivity contribution in [2.75, 3.05) is 6.61 Å². The summed E-state index contributed by atoms with van der Waals surface area (Å²) in [5.74, 6) is -1.26. The number of benzene rings is 1. The standard InChI is InChI=1S/C15H12F6N2O2S/c1-2-25-12(24)9-10(22-13(26)23-11(9)15(19,20)21)7-3-5-8(6-4-7)14(16,17)18/h3-6,10H,2H2,1H3,(H2,22,23,26)/t10-/m1/s1. The summed E-state index contributed by atoms with van der Waals surface area (Å²) in [6, 6.07) is 1.95. The number of carbonyl (C=O) groups excluding carboxylic acids is 1. The normalized spacial score (nSPS) is 18.3. The van der Waals surface area contributed by atoms with Crippen LogP contribution in [-0.4, -0.2) is 23.9 Å². The lowest BCUT2D eigenvalue weighted by molar-refractivity contribution is -0.141. The van der Waals surface area contributed by atoms with E-state index in [1.807, 2.05) is 5.32 Å². The van der Waals surface area contributed by atoms with Gasteiger partial charge in [-0.3, -0.25) is 0 Å². The molecule has 2 rings (SSSR count). The monoisotopic (exact) mass is 398 g/mol. The van der Waals surface area contributed by atoms with Crippen LogP contribution < -0.4 is 10.6 Å². The summed E-state index contributed by atoms with van der Waals surface area (Å²) in [6.45, 7) is 1.23. The summed E-state index contributed by atoms with van der Waals surface area (Å²) in [4.78, 5) is 12.1. The van der Waals surface area contributed by atoms with E-state index in [2.05, 4.69) is 10.1 Å². The maximum absolute atomic E-state index is 13.3. The second kappa shape index (κ2) is 7.14. The van der Waals surface area contributed by atoms with Crippen molar-refractivity contribution < 1.29 is 35.9 Å². The van der Waals surface area contributed by atoms with E-state index in [-0.39, 0.29) is 12.2 Å². The molecule has 142 valence electrons. The number of carbonyl (C=O) groups is 1. The summed E-state index contributed by atoms with van der Waals surface area (Å²) in [5, 5.41) is 3.92. The molecule has 1 aromatic rings. The molecule has 0 spiro atoms. The second-order valence-electron chi connectivity index (χ2n) is 5.16. The van der Waals surface area contributed by atoms with Crippen LogP contribution in [0.3, 0.4) is 0 Å². The number of esters is 1. The van der Waals surface area contributed by atoms with Crippen molar-refractivity contribution in [1.29, 1.82) is 0 Å². The van der Waals surface area contributed by atoms with E-state index in [1.54, 1.807) is 0 Å². The van der Waals surface area contributed by atoms with Gasteiger partial charge >= 0.3 is 18.3 Å². The lowest BCUT2D eigenvalue weighted by atomic mass is 9.94. The predicted octanol–water partition coefficient (Wildman–Crippen LogP) is 3.60. The van der Waals surface area contributed by atoms with Crippen molar-refractivity contribution in [3.05, 3.63) is 46.7 Å². The predicted molar refractivity (Wildman–Crippen MR) is 82.8 cm³/mol. The van der Waals surface area contributed by atoms with E-state index in [1.165, 1.54) is 6.92 Å². The van der Waals surface area contributed by atoms with Crippen molar-refractivity contribution in [2.45, 2.75) is 25.3 Å². The average molecular weight is 398 g/mol. The Morgan fingerprint density at radius 1 is 1.12 bits per heavy atom. The molecule has 1 aromatic carbocycles. The number of alkyl halides is 6. The van der Waals surface area contributed by atoms with E-state index in [4.69, 9.17) is 12.2 Å². The minimum atomic E-state index is -4.95. The Kier molecular flexibility index (Phi) is 5.49. The smallest absolute Gasteiger partial charge is 0.431 e. The summed E-state index contributed by atoms with van der Waals surface area (Å²) in [6.07, 6.45) is -9.55. The molecular formula is C15H12F6N2O2S. The molecular weight excluding hydrogens is 386 g/mol. The molecule has 0 radical (unpaired) electrons. The van der Waals surface area contributed by atoms with E-state index in [0.29, 0.717) is 12.1 Å². The fourth-order valence-electron chi connectivity index (χ4n) is 2.33. The van der Waals surface area contributed by atoms with Gasteiger partial charge in [-0.1, -0.05) is 12.1 Å². The molecule has 0 bridgehead atoms. The maximum atomic E-state index is 13.3. The third-order valence-corrected chi connectivity index (χ3v) is 3.64. The van der Waals surface area contributed by atoms with E-state index >= 15 is 0 Å². The van der Waals surface area contributed by atoms with Crippen LogP contribution in [0.1, 0.15) is 24.1 Å². The number of rotatable bonds is 3. The molecule has 0 fully saturated rings. The van der Waals surface area contributed by atoms with Gasteiger partial charge < -0.3 is 15.4 Å². The highest BCUT2D eigenvalue weighted by Gasteiger charge is 2.45. The highest BCUT2D eigenvalue weighted by Crippen LogP contribution is 2.36. The van der Waals surface area contributed by atoms with Crippen LogP contribution in [-0.2, 0) is 15.7 Å². The summed E-state index contributed by atoms with van der Waals surface area (Å²) in [7, 11) is 0. The Morgan fingerprint density at radius 2 is 1.69 bits per heavy atom. The third-order valence-electron chi connectivity index (χ3n) is 3.42. The molecule has 0 unspecified atom stereocenters. The van der Waals surface area contributed by atoms with Gasteiger partial charge in [-0.15, -0.1) is 0 Å². The minimum absolute atomic E-state index is 0.00773. The van der Waals surface area contributed by atoms with Gasteiger partial charge in [0.1, 0.15) is 5.70 Å². The van der Waals surface area contributed by atoms with Crippen LogP contribution in [0.4, 0.5) is 26.3 Å². The number of halogens is 6. The molecule has 0 saturated carbocycles. The van der Waals surface area contributed by atoms with Gasteiger partial charge in [-0.2, -0.15) is 26.3 Å². The number of nitrogens with one attached hydrogen (secondary N) is 2. The Morgan fingerprint density at radius 3 is 2.15 bits per heavy atom. The quantitative estimate of drug-likeness (QED) is 0.463. The van der Waals surface area contributed by atoms with Crippen LogP contribution in [0.2, 0.25) is 0 Å². The van der Waals surface area contributed by atoms with Crippen molar-refractivity contribution in [2.24, 2.45) is 0 Å². The van der Waals surface area contributed by atoms with Crippen LogP contribution in [0, 0.1) is 0 Å². The molecule has 1 aliphatic rings. The number of hydrogen-bond donors (Lipinski definition) is 2. The molecule has 1 heterocycles. The first-order chi connectivity index (χ1) is 11.9. The van der Waals surface area contributed by atoms with Gasteiger partial charge in [-0.05, 0) is 36.8 Å². The highest BCUT2D eigenvalue weighted by atomic mass is 32.1. The molecule has 0 saturated heterocycles. The van der Waals surface area contributed by atoms with Crippen LogP contribution >= 0.6 is 12.2 Å². The van der Waals surface area contributed by atoms with Crippen molar-refractivity contribution in [3.63, 3.8) is 0 Å². The molecule has 26 heavy (non-hydrogen) atoms. The average Bonchev–Trinajstić information content (AvgIpc) is 2.52. The fourth-order valence-corrected chi connectivity index (χ4v) is 2.55. The molecule has 11 heteroatoms. The molecule has 4 nitrogen and oxygen atoms in total. The topological polar surface area (TPSA) is 50.4 Å². The SMILES string of the molecule is CCOC(=O)C1=C(C(F)(F)F)NC(=S)N[C@@H]1c1ccc(C(F)(F)F)cc1. The molecule has 1 atom stereocenters. The third kappa shape index (κ3) is 4.26. The van der Waals surface area contributed by atoms with Gasteiger partial charge in [0, 0.05) is 0 Å². The first-order valence-electron chi connectivity index (χ1n) is 7.18. The van der Waals surface area contributed by atoms with Crippen LogP contribution in [0.15, 0.2) is 35.5 Å². The summed E-state index contributed by atoms with van der Waals surface area (Å²) in [5.41, 5.74) is -3.21. The van der Waals surface area contributed by atoms with Gasteiger partial charge in [0.15, 0.2) is 5.11 Å². The zero-order valence-corrected chi connectivity index (χ0v) is 13.9. The fraction of sp³-hybridized carbons (Fsp3) is 0.333. The molecule has 2 N–H and O–H groups in total. The largest absolute Gasteiger partial charge is 0.463 e. The van der Waals surface area contributed by atoms with Crippen LogP contribution in [0.5, 0.6) is 0 Å². The highest BCUT2D eigenvalue weighted by molar-refractivity contribution is 7.80. The number of allylic oxidation sites excluding steroid dienone is 1. The van der Waals surface area contributed by atoms with Gasteiger partial charge in [0.2, 0.25) is 0 Å². The molecule has 0 amide bonds. The first kappa shape index (κ1) is 20.0. The number of thiocarbonyl (C=S) groups is 1. The van der Waals surface area contributed by atoms with E-state index < -0.39 is 46.3 Å². The number of ether oxygens (including phenoxy) is 1. The molecule has 0 aromatic heterocycles. The Hall–Kier alpha value is -2.30. The Balaban J connectivity index is 2.56. The van der Waals surface area contributed by atoms with Gasteiger partial charge in [0.05, 0.1) is 23.8 Å². The zero-order valence-electron chi connectivity index (χ0n) is 13.1. The zero-order chi connectivity index (χ0) is 19.7. The van der Waals surface area contributed by atoms with Gasteiger partial charge in [-0.25, -0.2) is 4.79 Å². The molecule has 1 aliphatic heterocycles. The second-order valence-corrected chi connectivity index (χ2v) is 5.57. The lowest BCUT2D eigenvalue weighted by Crippen LogP contribution is -2.49. The summed E-state index contributed by atoms with van der Waals surface area (Å²) >= 11 is 4.73. The Labute approximate surface area is 149 Å². The van der Waals surface area contributed by atoms with Crippen molar-refractivity contribution in [1.82, 2.24) is 10.6 Å². The van der Waals surface area contributed by atoms with E-state index in [9.17, 15) is 31.1 Å². The minimum Gasteiger partial charge on any atom is -0.463 e. The number of hydrogen-bond acceptors (Lipinski definition) is 3. The Bertz CT molecular complexity index is 740.